The van der Waals surface area contributed by atoms with Crippen molar-refractivity contribution >= 4 is 12.1 Å². The molecule has 102 valence electrons. The minimum absolute atomic E-state index is 0.0363. The van der Waals surface area contributed by atoms with Crippen molar-refractivity contribution in [1.29, 1.82) is 0 Å². The zero-order valence-electron chi connectivity index (χ0n) is 11.4. The van der Waals surface area contributed by atoms with Crippen LogP contribution in [0.4, 0.5) is 0 Å². The number of nitrogens with one attached hydrogen (secondary N) is 1. The Morgan fingerprint density at radius 1 is 1.37 bits per heavy atom. The second-order valence-corrected chi connectivity index (χ2v) is 5.04. The molecule has 0 aromatic heterocycles. The second kappa shape index (κ2) is 7.04. The lowest BCUT2D eigenvalue weighted by atomic mass is 10.1. The number of likely N-dealkylation sites (tertiary alicyclic amines) is 1. The molecular weight excluding hydrogens is 238 g/mol. The Hall–Kier alpha value is -1.68. The van der Waals surface area contributed by atoms with Gasteiger partial charge >= 0.3 is 0 Å². The van der Waals surface area contributed by atoms with Crippen molar-refractivity contribution in [1.82, 2.24) is 10.3 Å². The third-order valence-electron chi connectivity index (χ3n) is 3.26. The number of rotatable bonds is 4. The molecule has 1 fully saturated rings. The van der Waals surface area contributed by atoms with E-state index < -0.39 is 0 Å². The SMILES string of the molecule is Cc1cccc(/C=N\NC(=O)CN2CCCCC2)c1. The molecule has 2 rings (SSSR count). The predicted octanol–water partition coefficient (Wildman–Crippen LogP) is 1.93. The van der Waals surface area contributed by atoms with Crippen LogP contribution in [-0.2, 0) is 4.79 Å². The van der Waals surface area contributed by atoms with Crippen molar-refractivity contribution in [2.45, 2.75) is 26.2 Å². The summed E-state index contributed by atoms with van der Waals surface area (Å²) in [6.45, 7) is 4.53. The van der Waals surface area contributed by atoms with Crippen LogP contribution in [0.2, 0.25) is 0 Å². The van der Waals surface area contributed by atoms with E-state index in [-0.39, 0.29) is 5.91 Å². The van der Waals surface area contributed by atoms with E-state index in [9.17, 15) is 4.79 Å². The normalized spacial score (nSPS) is 16.7. The van der Waals surface area contributed by atoms with Crippen LogP contribution in [-0.4, -0.2) is 36.7 Å². The Morgan fingerprint density at radius 3 is 2.89 bits per heavy atom. The Balaban J connectivity index is 1.76. The maximum absolute atomic E-state index is 11.7. The molecule has 4 nitrogen and oxygen atoms in total. The molecule has 0 spiro atoms. The Labute approximate surface area is 114 Å². The molecule has 0 bridgehead atoms. The molecule has 1 N–H and O–H groups in total. The van der Waals surface area contributed by atoms with Crippen molar-refractivity contribution in [3.05, 3.63) is 35.4 Å². The molecule has 19 heavy (non-hydrogen) atoms. The summed E-state index contributed by atoms with van der Waals surface area (Å²) >= 11 is 0. The lowest BCUT2D eigenvalue weighted by Crippen LogP contribution is -2.38. The topological polar surface area (TPSA) is 44.7 Å². The highest BCUT2D eigenvalue weighted by Gasteiger charge is 2.12. The zero-order valence-corrected chi connectivity index (χ0v) is 11.4. The predicted molar refractivity (Wildman–Crippen MR) is 77.2 cm³/mol. The van der Waals surface area contributed by atoms with Gasteiger partial charge in [-0.3, -0.25) is 9.69 Å². The lowest BCUT2D eigenvalue weighted by Gasteiger charge is -2.25. The second-order valence-electron chi connectivity index (χ2n) is 5.04. The maximum Gasteiger partial charge on any atom is 0.254 e. The molecule has 0 unspecified atom stereocenters. The van der Waals surface area contributed by atoms with Gasteiger partial charge in [0.2, 0.25) is 0 Å². The van der Waals surface area contributed by atoms with Crippen LogP contribution < -0.4 is 5.43 Å². The van der Waals surface area contributed by atoms with Crippen molar-refractivity contribution in [3.8, 4) is 0 Å². The molecule has 1 amide bonds. The molecular formula is C15H21N3O. The van der Waals surface area contributed by atoms with Crippen molar-refractivity contribution < 1.29 is 4.79 Å². The van der Waals surface area contributed by atoms with E-state index in [1.54, 1.807) is 6.21 Å². The van der Waals surface area contributed by atoms with Crippen LogP contribution >= 0.6 is 0 Å². The Bertz CT molecular complexity index is 450. The van der Waals surface area contributed by atoms with Crippen LogP contribution in [0.25, 0.3) is 0 Å². The van der Waals surface area contributed by atoms with Crippen LogP contribution in [0.15, 0.2) is 29.4 Å². The summed E-state index contributed by atoms with van der Waals surface area (Å²) in [5.41, 5.74) is 4.77. The molecule has 4 heteroatoms. The first-order chi connectivity index (χ1) is 9.24. The highest BCUT2D eigenvalue weighted by molar-refractivity contribution is 5.83. The third-order valence-corrected chi connectivity index (χ3v) is 3.26. The van der Waals surface area contributed by atoms with Gasteiger partial charge in [-0.2, -0.15) is 5.10 Å². The summed E-state index contributed by atoms with van der Waals surface area (Å²) < 4.78 is 0. The average Bonchev–Trinajstić information content (AvgIpc) is 2.40. The first-order valence-corrected chi connectivity index (χ1v) is 6.85. The van der Waals surface area contributed by atoms with E-state index in [1.165, 1.54) is 24.8 Å². The molecule has 1 aromatic rings. The van der Waals surface area contributed by atoms with E-state index in [1.807, 2.05) is 31.2 Å². The van der Waals surface area contributed by atoms with Gasteiger partial charge in [0, 0.05) is 0 Å². The van der Waals surface area contributed by atoms with Crippen LogP contribution in [0.5, 0.6) is 0 Å². The van der Waals surface area contributed by atoms with Gasteiger partial charge in [-0.15, -0.1) is 0 Å². The fourth-order valence-electron chi connectivity index (χ4n) is 2.29. The number of hydrazone groups is 1. The number of carbonyl (C=O) groups is 1. The van der Waals surface area contributed by atoms with Gasteiger partial charge in [0.05, 0.1) is 12.8 Å². The number of piperidine rings is 1. The van der Waals surface area contributed by atoms with Crippen LogP contribution in [0, 0.1) is 6.92 Å². The molecule has 1 aromatic carbocycles. The van der Waals surface area contributed by atoms with Crippen molar-refractivity contribution in [2.75, 3.05) is 19.6 Å². The summed E-state index contributed by atoms with van der Waals surface area (Å²) in [7, 11) is 0. The molecule has 1 aliphatic rings. The smallest absolute Gasteiger partial charge is 0.254 e. The maximum atomic E-state index is 11.7. The van der Waals surface area contributed by atoms with Crippen molar-refractivity contribution in [3.63, 3.8) is 0 Å². The molecule has 1 aliphatic heterocycles. The molecule has 0 saturated carbocycles. The summed E-state index contributed by atoms with van der Waals surface area (Å²) in [4.78, 5) is 13.9. The standard InChI is InChI=1S/C15H21N3O/c1-13-6-5-7-14(10-13)11-16-17-15(19)12-18-8-3-2-4-9-18/h5-7,10-11H,2-4,8-9,12H2,1H3,(H,17,19)/b16-11-. The van der Waals surface area contributed by atoms with Gasteiger partial charge in [-0.25, -0.2) is 5.43 Å². The van der Waals surface area contributed by atoms with Crippen LogP contribution in [0.1, 0.15) is 30.4 Å². The number of hydrogen-bond acceptors (Lipinski definition) is 3. The highest BCUT2D eigenvalue weighted by atomic mass is 16.2. The number of benzene rings is 1. The van der Waals surface area contributed by atoms with E-state index >= 15 is 0 Å². The summed E-state index contributed by atoms with van der Waals surface area (Å²) in [6, 6.07) is 8.01. The first-order valence-electron chi connectivity index (χ1n) is 6.85. The van der Waals surface area contributed by atoms with Crippen molar-refractivity contribution in [2.24, 2.45) is 5.10 Å². The van der Waals surface area contributed by atoms with E-state index in [0.717, 1.165) is 18.7 Å². The fourth-order valence-corrected chi connectivity index (χ4v) is 2.29. The number of aryl methyl sites for hydroxylation is 1. The molecule has 1 saturated heterocycles. The fraction of sp³-hybridized carbons (Fsp3) is 0.467. The molecule has 0 radical (unpaired) electrons. The zero-order chi connectivity index (χ0) is 13.5. The number of nitrogens with zero attached hydrogens (tertiary/aromatic N) is 2. The summed E-state index contributed by atoms with van der Waals surface area (Å²) in [5, 5.41) is 4.00. The summed E-state index contributed by atoms with van der Waals surface area (Å²) in [5.74, 6) is -0.0363. The number of hydrogen-bond donors (Lipinski definition) is 1. The van der Waals surface area contributed by atoms with Gasteiger partial charge in [-0.1, -0.05) is 36.2 Å². The van der Waals surface area contributed by atoms with Gasteiger partial charge < -0.3 is 0 Å². The third kappa shape index (κ3) is 4.83. The van der Waals surface area contributed by atoms with Gasteiger partial charge in [0.25, 0.3) is 5.91 Å². The van der Waals surface area contributed by atoms with E-state index in [4.69, 9.17) is 0 Å². The minimum Gasteiger partial charge on any atom is -0.294 e. The van der Waals surface area contributed by atoms with E-state index in [0.29, 0.717) is 6.54 Å². The molecule has 0 aliphatic carbocycles. The number of amides is 1. The first kappa shape index (κ1) is 13.7. The Morgan fingerprint density at radius 2 is 2.16 bits per heavy atom. The minimum atomic E-state index is -0.0363. The van der Waals surface area contributed by atoms with Gasteiger partial charge in [0.1, 0.15) is 0 Å². The molecule has 0 atom stereocenters. The average molecular weight is 259 g/mol. The van der Waals surface area contributed by atoms with Gasteiger partial charge in [-0.05, 0) is 38.4 Å². The largest absolute Gasteiger partial charge is 0.294 e. The van der Waals surface area contributed by atoms with E-state index in [2.05, 4.69) is 15.4 Å². The highest BCUT2D eigenvalue weighted by Crippen LogP contribution is 2.07. The monoisotopic (exact) mass is 259 g/mol. The number of carbonyl (C=O) groups excluding carboxylic acids is 1. The van der Waals surface area contributed by atoms with Crippen LogP contribution in [0.3, 0.4) is 0 Å². The lowest BCUT2D eigenvalue weighted by molar-refractivity contribution is -0.122. The quantitative estimate of drug-likeness (QED) is 0.663. The Kier molecular flexibility index (Phi) is 5.10. The van der Waals surface area contributed by atoms with Gasteiger partial charge in [0.15, 0.2) is 0 Å². The molecule has 1 heterocycles. The summed E-state index contributed by atoms with van der Waals surface area (Å²) in [6.07, 6.45) is 5.35.